The molecule has 16 heavy (non-hydrogen) atoms. The second-order valence-corrected chi connectivity index (χ2v) is 6.26. The van der Waals surface area contributed by atoms with Crippen molar-refractivity contribution < 1.29 is 13.2 Å². The van der Waals surface area contributed by atoms with E-state index >= 15 is 0 Å². The lowest BCUT2D eigenvalue weighted by molar-refractivity contribution is -0.122. The van der Waals surface area contributed by atoms with Gasteiger partial charge in [0.1, 0.15) is 0 Å². The average Bonchev–Trinajstić information content (AvgIpc) is 2.17. The van der Waals surface area contributed by atoms with Crippen LogP contribution in [0.1, 0.15) is 39.0 Å². The fraction of sp³-hybridized carbons (Fsp3) is 0.900. The molecule has 0 unspecified atom stereocenters. The number of nitrogens with one attached hydrogen (secondary N) is 1. The fourth-order valence-corrected chi connectivity index (χ4v) is 3.48. The lowest BCUT2D eigenvalue weighted by Crippen LogP contribution is -2.40. The molecule has 94 valence electrons. The Bertz CT molecular complexity index is 332. The van der Waals surface area contributed by atoms with Crippen LogP contribution in [0.3, 0.4) is 0 Å². The number of primary amides is 1. The van der Waals surface area contributed by atoms with Gasteiger partial charge in [-0.25, -0.2) is 13.1 Å². The Kier molecular flexibility index (Phi) is 4.73. The van der Waals surface area contributed by atoms with Gasteiger partial charge in [-0.05, 0) is 32.1 Å². The first-order valence-electron chi connectivity index (χ1n) is 5.74. The third-order valence-electron chi connectivity index (χ3n) is 2.95. The molecule has 0 aromatic heterocycles. The molecule has 5 nitrogen and oxygen atoms in total. The van der Waals surface area contributed by atoms with Crippen LogP contribution in [0.4, 0.5) is 0 Å². The third kappa shape index (κ3) is 4.09. The highest BCUT2D eigenvalue weighted by molar-refractivity contribution is 7.89. The van der Waals surface area contributed by atoms with Crippen LogP contribution >= 0.6 is 0 Å². The predicted octanol–water partition coefficient (Wildman–Crippen LogP) is 0.360. The molecule has 1 aliphatic rings. The molecule has 1 saturated carbocycles. The summed E-state index contributed by atoms with van der Waals surface area (Å²) < 4.78 is 25.7. The molecule has 0 spiro atoms. The molecule has 6 heteroatoms. The monoisotopic (exact) mass is 248 g/mol. The highest BCUT2D eigenvalue weighted by Gasteiger charge is 2.26. The highest BCUT2D eigenvalue weighted by Crippen LogP contribution is 2.24. The number of amides is 1. The van der Waals surface area contributed by atoms with E-state index in [1.54, 1.807) is 0 Å². The Balaban J connectivity index is 2.40. The van der Waals surface area contributed by atoms with E-state index in [0.717, 1.165) is 0 Å². The van der Waals surface area contributed by atoms with Gasteiger partial charge in [0.25, 0.3) is 0 Å². The summed E-state index contributed by atoms with van der Waals surface area (Å²) >= 11 is 0. The molecule has 0 aromatic carbocycles. The van der Waals surface area contributed by atoms with E-state index in [4.69, 9.17) is 5.73 Å². The smallest absolute Gasteiger partial charge is 0.220 e. The normalized spacial score (nSPS) is 26.6. The largest absolute Gasteiger partial charge is 0.369 e. The van der Waals surface area contributed by atoms with Crippen molar-refractivity contribution in [2.75, 3.05) is 5.75 Å². The van der Waals surface area contributed by atoms with Gasteiger partial charge in [0.05, 0.1) is 5.75 Å². The van der Waals surface area contributed by atoms with E-state index < -0.39 is 10.0 Å². The fourth-order valence-electron chi connectivity index (χ4n) is 2.08. The zero-order valence-electron chi connectivity index (χ0n) is 9.61. The molecule has 0 aliphatic heterocycles. The van der Waals surface area contributed by atoms with E-state index in [1.807, 2.05) is 6.92 Å². The van der Waals surface area contributed by atoms with Crippen molar-refractivity contribution in [1.82, 2.24) is 4.72 Å². The van der Waals surface area contributed by atoms with E-state index in [2.05, 4.69) is 4.72 Å². The van der Waals surface area contributed by atoms with Crippen LogP contribution in [0.2, 0.25) is 0 Å². The number of hydrogen-bond acceptors (Lipinski definition) is 3. The molecule has 1 aliphatic carbocycles. The molecule has 1 fully saturated rings. The van der Waals surface area contributed by atoms with Gasteiger partial charge < -0.3 is 5.73 Å². The predicted molar refractivity (Wildman–Crippen MR) is 62.2 cm³/mol. The van der Waals surface area contributed by atoms with Crippen molar-refractivity contribution in [2.45, 2.75) is 45.1 Å². The number of carbonyl (C=O) groups is 1. The summed E-state index contributed by atoms with van der Waals surface area (Å²) in [5.74, 6) is -0.176. The summed E-state index contributed by atoms with van der Waals surface area (Å²) in [6, 6.07) is -0.0212. The second kappa shape index (κ2) is 5.63. The van der Waals surface area contributed by atoms with E-state index in [1.165, 1.54) is 0 Å². The molecule has 3 N–H and O–H groups in total. The minimum atomic E-state index is -3.14. The summed E-state index contributed by atoms with van der Waals surface area (Å²) in [5.41, 5.74) is 5.21. The number of rotatable bonds is 5. The van der Waals surface area contributed by atoms with Gasteiger partial charge in [-0.15, -0.1) is 0 Å². The quantitative estimate of drug-likeness (QED) is 0.736. The molecular formula is C10H20N2O3S. The first-order chi connectivity index (χ1) is 7.44. The number of carbonyl (C=O) groups excluding carboxylic acids is 1. The van der Waals surface area contributed by atoms with Crippen molar-refractivity contribution in [3.8, 4) is 0 Å². The van der Waals surface area contributed by atoms with Gasteiger partial charge in [-0.3, -0.25) is 4.79 Å². The number of hydrogen-bond donors (Lipinski definition) is 2. The zero-order valence-corrected chi connectivity index (χ0v) is 10.4. The second-order valence-electron chi connectivity index (χ2n) is 4.39. The van der Waals surface area contributed by atoms with Gasteiger partial charge in [0.2, 0.25) is 15.9 Å². The molecule has 1 rings (SSSR count). The Morgan fingerprint density at radius 3 is 2.31 bits per heavy atom. The van der Waals surface area contributed by atoms with Crippen molar-refractivity contribution in [3.05, 3.63) is 0 Å². The van der Waals surface area contributed by atoms with Crippen LogP contribution < -0.4 is 10.5 Å². The van der Waals surface area contributed by atoms with Crippen LogP contribution in [0, 0.1) is 5.92 Å². The number of nitrogens with two attached hydrogens (primary N) is 1. The van der Waals surface area contributed by atoms with E-state index in [9.17, 15) is 13.2 Å². The maximum Gasteiger partial charge on any atom is 0.220 e. The van der Waals surface area contributed by atoms with Crippen molar-refractivity contribution in [3.63, 3.8) is 0 Å². The molecule has 0 aromatic rings. The van der Waals surface area contributed by atoms with Gasteiger partial charge in [0, 0.05) is 12.0 Å². The standard InChI is InChI=1S/C10H20N2O3S/c1-2-7-16(14,15)12-9-5-3-8(4-6-9)10(11)13/h8-9,12H,2-7H2,1H3,(H2,11,13). The molecule has 0 heterocycles. The van der Waals surface area contributed by atoms with Crippen molar-refractivity contribution in [2.24, 2.45) is 11.7 Å². The van der Waals surface area contributed by atoms with Gasteiger partial charge >= 0.3 is 0 Å². The van der Waals surface area contributed by atoms with Crippen LogP contribution in [0.5, 0.6) is 0 Å². The van der Waals surface area contributed by atoms with Crippen LogP contribution in [-0.2, 0) is 14.8 Å². The third-order valence-corrected chi connectivity index (χ3v) is 4.59. The van der Waals surface area contributed by atoms with Gasteiger partial charge in [0.15, 0.2) is 0 Å². The Morgan fingerprint density at radius 1 is 1.31 bits per heavy atom. The van der Waals surface area contributed by atoms with Gasteiger partial charge in [-0.2, -0.15) is 0 Å². The van der Waals surface area contributed by atoms with E-state index in [0.29, 0.717) is 32.1 Å². The minimum Gasteiger partial charge on any atom is -0.369 e. The first-order valence-corrected chi connectivity index (χ1v) is 7.39. The summed E-state index contributed by atoms with van der Waals surface area (Å²) in [7, 11) is -3.14. The van der Waals surface area contributed by atoms with Crippen LogP contribution in [0.15, 0.2) is 0 Å². The Morgan fingerprint density at radius 2 is 1.88 bits per heavy atom. The average molecular weight is 248 g/mol. The molecular weight excluding hydrogens is 228 g/mol. The molecule has 0 bridgehead atoms. The first kappa shape index (κ1) is 13.4. The number of sulfonamides is 1. The lowest BCUT2D eigenvalue weighted by Gasteiger charge is -2.27. The minimum absolute atomic E-state index is 0.0212. The molecule has 1 amide bonds. The van der Waals surface area contributed by atoms with E-state index in [-0.39, 0.29) is 23.6 Å². The Hall–Kier alpha value is -0.620. The highest BCUT2D eigenvalue weighted by atomic mass is 32.2. The lowest BCUT2D eigenvalue weighted by atomic mass is 9.86. The van der Waals surface area contributed by atoms with Crippen LogP contribution in [0.25, 0.3) is 0 Å². The summed E-state index contributed by atoms with van der Waals surface area (Å²) in [5, 5.41) is 0. The SMILES string of the molecule is CCCS(=O)(=O)NC1CCC(C(N)=O)CC1. The molecule has 0 saturated heterocycles. The summed E-state index contributed by atoms with van der Waals surface area (Å²) in [6.07, 6.45) is 3.41. The summed E-state index contributed by atoms with van der Waals surface area (Å²) in [6.45, 7) is 1.84. The Labute approximate surface area is 96.8 Å². The topological polar surface area (TPSA) is 89.3 Å². The summed E-state index contributed by atoms with van der Waals surface area (Å²) in [4.78, 5) is 10.9. The molecule has 0 radical (unpaired) electrons. The maximum absolute atomic E-state index is 11.5. The van der Waals surface area contributed by atoms with Crippen LogP contribution in [-0.4, -0.2) is 26.1 Å². The zero-order chi connectivity index (χ0) is 12.2. The van der Waals surface area contributed by atoms with Crippen molar-refractivity contribution in [1.29, 1.82) is 0 Å². The van der Waals surface area contributed by atoms with Gasteiger partial charge in [-0.1, -0.05) is 6.92 Å². The maximum atomic E-state index is 11.5. The molecule has 0 atom stereocenters. The van der Waals surface area contributed by atoms with Crippen molar-refractivity contribution >= 4 is 15.9 Å².